The number of hydrogen-bond acceptors (Lipinski definition) is 5. The molecular weight excluding hydrogens is 256 g/mol. The van der Waals surface area contributed by atoms with Crippen molar-refractivity contribution < 1.29 is 14.6 Å². The van der Waals surface area contributed by atoms with Crippen molar-refractivity contribution in [3.63, 3.8) is 0 Å². The Morgan fingerprint density at radius 2 is 2.00 bits per heavy atom. The third-order valence-corrected chi connectivity index (χ3v) is 3.31. The lowest BCUT2D eigenvalue weighted by Crippen LogP contribution is -2.27. The number of rotatable bonds is 3. The van der Waals surface area contributed by atoms with Crippen molar-refractivity contribution in [2.75, 3.05) is 31.7 Å². The van der Waals surface area contributed by atoms with Gasteiger partial charge in [0.25, 0.3) is 0 Å². The van der Waals surface area contributed by atoms with Crippen LogP contribution in [0.2, 0.25) is 0 Å². The average Bonchev–Trinajstić information content (AvgIpc) is 2.43. The number of ether oxygens (including phenoxy) is 2. The molecule has 0 amide bonds. The van der Waals surface area contributed by atoms with Crippen LogP contribution in [0.25, 0.3) is 10.8 Å². The zero-order valence-corrected chi connectivity index (χ0v) is 11.7. The Balaban J connectivity index is 2.08. The Bertz CT molecular complexity index is 628. The van der Waals surface area contributed by atoms with Gasteiger partial charge in [-0.15, -0.1) is 0 Å². The first kappa shape index (κ1) is 13.0. The summed E-state index contributed by atoms with van der Waals surface area (Å²) in [7, 11) is 1.92. The van der Waals surface area contributed by atoms with E-state index in [9.17, 15) is 5.11 Å². The monoisotopic (exact) mass is 274 g/mol. The van der Waals surface area contributed by atoms with Crippen LogP contribution in [0.5, 0.6) is 11.5 Å². The summed E-state index contributed by atoms with van der Waals surface area (Å²) in [6.45, 7) is 3.44. The molecule has 1 aliphatic rings. The molecule has 1 aliphatic heterocycles. The molecule has 5 heteroatoms. The summed E-state index contributed by atoms with van der Waals surface area (Å²) >= 11 is 0. The molecule has 1 aromatic heterocycles. The fourth-order valence-corrected chi connectivity index (χ4v) is 2.48. The van der Waals surface area contributed by atoms with Crippen molar-refractivity contribution >= 4 is 16.6 Å². The number of nitrogens with zero attached hydrogens (tertiary/aromatic N) is 2. The summed E-state index contributed by atoms with van der Waals surface area (Å²) in [5.74, 6) is 2.36. The molecule has 0 bridgehead atoms. The third-order valence-electron chi connectivity index (χ3n) is 3.31. The highest BCUT2D eigenvalue weighted by Gasteiger charge is 2.16. The highest BCUT2D eigenvalue weighted by molar-refractivity contribution is 5.94. The highest BCUT2D eigenvalue weighted by atomic mass is 16.6. The van der Waals surface area contributed by atoms with Gasteiger partial charge in [-0.3, -0.25) is 0 Å². The van der Waals surface area contributed by atoms with Gasteiger partial charge in [0.1, 0.15) is 19.0 Å². The van der Waals surface area contributed by atoms with Gasteiger partial charge in [-0.1, -0.05) is 0 Å². The molecule has 0 saturated carbocycles. The zero-order valence-electron chi connectivity index (χ0n) is 11.7. The van der Waals surface area contributed by atoms with Gasteiger partial charge in [0.2, 0.25) is 0 Å². The van der Waals surface area contributed by atoms with Crippen LogP contribution in [0, 0.1) is 0 Å². The number of hydrogen-bond donors (Lipinski definition) is 1. The molecule has 20 heavy (non-hydrogen) atoms. The Morgan fingerprint density at radius 3 is 2.70 bits per heavy atom. The van der Waals surface area contributed by atoms with Gasteiger partial charge in [-0.05, 0) is 30.5 Å². The van der Waals surface area contributed by atoms with E-state index in [2.05, 4.69) is 4.98 Å². The van der Waals surface area contributed by atoms with Crippen molar-refractivity contribution in [2.45, 2.75) is 13.0 Å². The summed E-state index contributed by atoms with van der Waals surface area (Å²) in [5, 5.41) is 11.6. The van der Waals surface area contributed by atoms with Gasteiger partial charge >= 0.3 is 0 Å². The molecule has 106 valence electrons. The largest absolute Gasteiger partial charge is 0.486 e. The van der Waals surface area contributed by atoms with Crippen molar-refractivity contribution in [1.29, 1.82) is 0 Å². The van der Waals surface area contributed by atoms with Crippen LogP contribution in [0.4, 0.5) is 5.82 Å². The van der Waals surface area contributed by atoms with Gasteiger partial charge in [0, 0.05) is 25.2 Å². The molecule has 1 unspecified atom stereocenters. The summed E-state index contributed by atoms with van der Waals surface area (Å²) in [6, 6.07) is 5.89. The second-order valence-electron chi connectivity index (χ2n) is 5.08. The average molecular weight is 274 g/mol. The molecule has 0 radical (unpaired) electrons. The van der Waals surface area contributed by atoms with Gasteiger partial charge < -0.3 is 19.5 Å². The Hall–Kier alpha value is -2.01. The smallest absolute Gasteiger partial charge is 0.162 e. The van der Waals surface area contributed by atoms with Gasteiger partial charge in [0.05, 0.1) is 6.10 Å². The van der Waals surface area contributed by atoms with E-state index >= 15 is 0 Å². The van der Waals surface area contributed by atoms with Crippen molar-refractivity contribution in [1.82, 2.24) is 4.98 Å². The number of likely N-dealkylation sites (N-methyl/N-ethyl adjacent to an activating group) is 1. The van der Waals surface area contributed by atoms with E-state index < -0.39 is 6.10 Å². The van der Waals surface area contributed by atoms with Gasteiger partial charge in [-0.25, -0.2) is 4.98 Å². The number of pyridine rings is 1. The SMILES string of the molecule is CC(O)CN(C)c1nccc2cc3c(cc12)OCCO3. The van der Waals surface area contributed by atoms with Crippen LogP contribution >= 0.6 is 0 Å². The minimum atomic E-state index is -0.408. The zero-order chi connectivity index (χ0) is 14.1. The minimum absolute atomic E-state index is 0.408. The predicted octanol–water partition coefficient (Wildman–Crippen LogP) is 1.82. The van der Waals surface area contributed by atoms with Crippen molar-refractivity contribution in [2.24, 2.45) is 0 Å². The molecule has 0 fully saturated rings. The number of anilines is 1. The fourth-order valence-electron chi connectivity index (χ4n) is 2.48. The molecule has 1 aromatic carbocycles. The van der Waals surface area contributed by atoms with Crippen LogP contribution in [-0.4, -0.2) is 43.0 Å². The topological polar surface area (TPSA) is 54.8 Å². The molecule has 0 saturated heterocycles. The Kier molecular flexibility index (Phi) is 3.36. The molecule has 0 spiro atoms. The highest BCUT2D eigenvalue weighted by Crippen LogP contribution is 2.37. The first-order valence-corrected chi connectivity index (χ1v) is 6.72. The molecule has 5 nitrogen and oxygen atoms in total. The predicted molar refractivity (Wildman–Crippen MR) is 77.7 cm³/mol. The lowest BCUT2D eigenvalue weighted by atomic mass is 10.1. The molecular formula is C15H18N2O3. The van der Waals surface area contributed by atoms with Crippen LogP contribution in [0.15, 0.2) is 24.4 Å². The van der Waals surface area contributed by atoms with Crippen molar-refractivity contribution in [3.8, 4) is 11.5 Å². The number of aliphatic hydroxyl groups excluding tert-OH is 1. The molecule has 0 aliphatic carbocycles. The summed E-state index contributed by atoms with van der Waals surface area (Å²) in [6.07, 6.45) is 1.36. The second-order valence-corrected chi connectivity index (χ2v) is 5.08. The molecule has 1 atom stereocenters. The van der Waals surface area contributed by atoms with Crippen LogP contribution in [0.3, 0.4) is 0 Å². The molecule has 2 aromatic rings. The maximum absolute atomic E-state index is 9.53. The van der Waals surface area contributed by atoms with E-state index in [1.165, 1.54) is 0 Å². The fraction of sp³-hybridized carbons (Fsp3) is 0.400. The number of benzene rings is 1. The maximum Gasteiger partial charge on any atom is 0.162 e. The lowest BCUT2D eigenvalue weighted by Gasteiger charge is -2.23. The number of fused-ring (bicyclic) bond motifs is 2. The normalized spacial score (nSPS) is 15.2. The summed E-state index contributed by atoms with van der Waals surface area (Å²) < 4.78 is 11.2. The standard InChI is InChI=1S/C15H18N2O3/c1-10(18)9-17(2)15-12-8-14-13(19-5-6-20-14)7-11(12)3-4-16-15/h3-4,7-8,10,18H,5-6,9H2,1-2H3. The van der Waals surface area contributed by atoms with Crippen LogP contribution < -0.4 is 14.4 Å². The lowest BCUT2D eigenvalue weighted by molar-refractivity contribution is 0.172. The van der Waals surface area contributed by atoms with E-state index in [0.29, 0.717) is 19.8 Å². The van der Waals surface area contributed by atoms with E-state index in [0.717, 1.165) is 28.1 Å². The summed E-state index contributed by atoms with van der Waals surface area (Å²) in [5.41, 5.74) is 0. The van der Waals surface area contributed by atoms with Gasteiger partial charge in [0.15, 0.2) is 11.5 Å². The van der Waals surface area contributed by atoms with Crippen LogP contribution in [0.1, 0.15) is 6.92 Å². The third kappa shape index (κ3) is 2.36. The number of aliphatic hydroxyl groups is 1. The van der Waals surface area contributed by atoms with Crippen molar-refractivity contribution in [3.05, 3.63) is 24.4 Å². The maximum atomic E-state index is 9.53. The Labute approximate surface area is 117 Å². The van der Waals surface area contributed by atoms with E-state index in [1.807, 2.05) is 30.1 Å². The number of aromatic nitrogens is 1. The minimum Gasteiger partial charge on any atom is -0.486 e. The first-order chi connectivity index (χ1) is 9.65. The van der Waals surface area contributed by atoms with E-state index in [-0.39, 0.29) is 0 Å². The van der Waals surface area contributed by atoms with Crippen LogP contribution in [-0.2, 0) is 0 Å². The summed E-state index contributed by atoms with van der Waals surface area (Å²) in [4.78, 5) is 6.37. The van der Waals surface area contributed by atoms with E-state index in [4.69, 9.17) is 9.47 Å². The quantitative estimate of drug-likeness (QED) is 0.925. The van der Waals surface area contributed by atoms with E-state index in [1.54, 1.807) is 13.1 Å². The molecule has 2 heterocycles. The Morgan fingerprint density at radius 1 is 1.30 bits per heavy atom. The molecule has 3 rings (SSSR count). The first-order valence-electron chi connectivity index (χ1n) is 6.72. The molecule has 1 N–H and O–H groups in total. The second kappa shape index (κ2) is 5.17. The van der Waals surface area contributed by atoms with Gasteiger partial charge in [-0.2, -0.15) is 0 Å².